The molecule has 0 bridgehead atoms. The molecule has 0 aliphatic carbocycles. The van der Waals surface area contributed by atoms with Crippen LogP contribution < -0.4 is 0 Å². The number of benzene rings is 1. The number of hydrogen-bond donors (Lipinski definition) is 0. The minimum Gasteiger partial charge on any atom is -0.341 e. The van der Waals surface area contributed by atoms with E-state index in [4.69, 9.17) is 0 Å². The number of carbonyl (C=O) groups excluding carboxylic acids is 1. The van der Waals surface area contributed by atoms with Crippen LogP contribution in [0.1, 0.15) is 19.3 Å². The van der Waals surface area contributed by atoms with Crippen molar-refractivity contribution in [2.45, 2.75) is 25.8 Å². The monoisotopic (exact) mass is 347 g/mol. The molecule has 3 rings (SSSR count). The fourth-order valence-electron chi connectivity index (χ4n) is 2.65. The Labute approximate surface area is 132 Å². The average molecular weight is 348 g/mol. The van der Waals surface area contributed by atoms with Crippen molar-refractivity contribution >= 4 is 21.8 Å². The maximum Gasteiger partial charge on any atom is 0.244 e. The van der Waals surface area contributed by atoms with Crippen LogP contribution in [0.15, 0.2) is 41.1 Å². The molecule has 1 aromatic carbocycles. The zero-order valence-corrected chi connectivity index (χ0v) is 13.4. The molecule has 0 N–H and O–H groups in total. The first-order chi connectivity index (χ1) is 10.2. The third-order valence-corrected chi connectivity index (χ3v) is 4.29. The summed E-state index contributed by atoms with van der Waals surface area (Å²) in [5, 5.41) is 4.31. The topological polar surface area (TPSA) is 38.1 Å². The Balaban J connectivity index is 1.69. The lowest BCUT2D eigenvalue weighted by Gasteiger charge is -2.26. The highest BCUT2D eigenvalue weighted by Gasteiger charge is 2.17. The highest BCUT2D eigenvalue weighted by atomic mass is 79.9. The normalized spacial score (nSPS) is 15.2. The third-order valence-electron chi connectivity index (χ3n) is 3.80. The van der Waals surface area contributed by atoms with E-state index in [0.717, 1.165) is 41.5 Å². The molecule has 110 valence electrons. The zero-order chi connectivity index (χ0) is 14.7. The van der Waals surface area contributed by atoms with Crippen LogP contribution in [0.4, 0.5) is 0 Å². The summed E-state index contributed by atoms with van der Waals surface area (Å²) in [5.74, 6) is 0.165. The molecule has 0 saturated carbocycles. The second-order valence-corrected chi connectivity index (χ2v) is 6.29. The van der Waals surface area contributed by atoms with Crippen molar-refractivity contribution in [3.63, 3.8) is 0 Å². The number of aromatic nitrogens is 2. The maximum absolute atomic E-state index is 12.2. The Hall–Kier alpha value is -1.62. The lowest BCUT2D eigenvalue weighted by Crippen LogP contribution is -2.37. The molecule has 5 heteroatoms. The van der Waals surface area contributed by atoms with E-state index < -0.39 is 0 Å². The molecule has 21 heavy (non-hydrogen) atoms. The maximum atomic E-state index is 12.2. The number of hydrogen-bond acceptors (Lipinski definition) is 2. The van der Waals surface area contributed by atoms with Gasteiger partial charge in [-0.2, -0.15) is 5.10 Å². The Morgan fingerprint density at radius 2 is 2.00 bits per heavy atom. The summed E-state index contributed by atoms with van der Waals surface area (Å²) in [6.45, 7) is 2.10. The summed E-state index contributed by atoms with van der Waals surface area (Å²) in [7, 11) is 0. The molecule has 2 aromatic rings. The Morgan fingerprint density at radius 3 is 2.76 bits per heavy atom. The number of rotatable bonds is 3. The fraction of sp³-hybridized carbons (Fsp3) is 0.375. The van der Waals surface area contributed by atoms with Gasteiger partial charge in [0.15, 0.2) is 0 Å². The Bertz CT molecular complexity index is 632. The van der Waals surface area contributed by atoms with Gasteiger partial charge in [-0.1, -0.05) is 28.1 Å². The molecule has 1 aliphatic heterocycles. The summed E-state index contributed by atoms with van der Waals surface area (Å²) in [5.41, 5.74) is 2.13. The minimum atomic E-state index is 0.165. The number of nitrogens with zero attached hydrogens (tertiary/aromatic N) is 3. The van der Waals surface area contributed by atoms with Crippen LogP contribution in [-0.2, 0) is 11.3 Å². The van der Waals surface area contributed by atoms with Gasteiger partial charge in [0, 0.05) is 29.3 Å². The molecule has 1 saturated heterocycles. The number of piperidine rings is 1. The van der Waals surface area contributed by atoms with E-state index in [1.54, 1.807) is 4.68 Å². The highest BCUT2D eigenvalue weighted by Crippen LogP contribution is 2.22. The fourth-order valence-corrected chi connectivity index (χ4v) is 3.05. The Morgan fingerprint density at radius 1 is 1.19 bits per heavy atom. The molecule has 0 spiro atoms. The average Bonchev–Trinajstić information content (AvgIpc) is 2.97. The number of amides is 1. The van der Waals surface area contributed by atoms with Gasteiger partial charge in [0.05, 0.1) is 6.20 Å². The van der Waals surface area contributed by atoms with Crippen LogP contribution in [0, 0.1) is 0 Å². The molecule has 1 aromatic heterocycles. The van der Waals surface area contributed by atoms with E-state index in [1.807, 2.05) is 41.6 Å². The molecule has 1 fully saturated rings. The van der Waals surface area contributed by atoms with Crippen LogP contribution in [0.25, 0.3) is 11.1 Å². The molecule has 4 nitrogen and oxygen atoms in total. The molecular formula is C16H18BrN3O. The van der Waals surface area contributed by atoms with E-state index in [-0.39, 0.29) is 5.91 Å². The van der Waals surface area contributed by atoms with Gasteiger partial charge < -0.3 is 4.90 Å². The van der Waals surface area contributed by atoms with Gasteiger partial charge in [0.2, 0.25) is 5.91 Å². The van der Waals surface area contributed by atoms with Crippen LogP contribution >= 0.6 is 15.9 Å². The molecule has 1 aliphatic rings. The highest BCUT2D eigenvalue weighted by molar-refractivity contribution is 9.10. The van der Waals surface area contributed by atoms with Crippen molar-refractivity contribution in [2.75, 3.05) is 13.1 Å². The molecule has 2 heterocycles. The van der Waals surface area contributed by atoms with E-state index in [2.05, 4.69) is 21.0 Å². The predicted molar refractivity (Wildman–Crippen MR) is 85.8 cm³/mol. The number of likely N-dealkylation sites (tertiary alicyclic amines) is 1. The summed E-state index contributed by atoms with van der Waals surface area (Å²) >= 11 is 3.47. The second-order valence-electron chi connectivity index (χ2n) is 5.38. The number of halogens is 1. The van der Waals surface area contributed by atoms with Crippen molar-refractivity contribution in [1.29, 1.82) is 0 Å². The lowest BCUT2D eigenvalue weighted by molar-refractivity contribution is -0.132. The smallest absolute Gasteiger partial charge is 0.244 e. The minimum absolute atomic E-state index is 0.165. The molecule has 0 unspecified atom stereocenters. The van der Waals surface area contributed by atoms with Crippen molar-refractivity contribution in [3.8, 4) is 11.1 Å². The quantitative estimate of drug-likeness (QED) is 0.853. The molecule has 1 amide bonds. The first kappa shape index (κ1) is 14.3. The van der Waals surface area contributed by atoms with Gasteiger partial charge in [-0.3, -0.25) is 9.48 Å². The van der Waals surface area contributed by atoms with Gasteiger partial charge in [-0.25, -0.2) is 0 Å². The third kappa shape index (κ3) is 3.53. The summed E-state index contributed by atoms with van der Waals surface area (Å²) in [6.07, 6.45) is 7.22. The van der Waals surface area contributed by atoms with Crippen molar-refractivity contribution in [2.24, 2.45) is 0 Å². The van der Waals surface area contributed by atoms with Crippen LogP contribution in [0.2, 0.25) is 0 Å². The largest absolute Gasteiger partial charge is 0.341 e. The molecule has 0 radical (unpaired) electrons. The van der Waals surface area contributed by atoms with Crippen molar-refractivity contribution < 1.29 is 4.79 Å². The van der Waals surface area contributed by atoms with Gasteiger partial charge in [0.25, 0.3) is 0 Å². The molecular weight excluding hydrogens is 330 g/mol. The predicted octanol–water partition coefficient (Wildman–Crippen LogP) is 3.33. The van der Waals surface area contributed by atoms with E-state index in [9.17, 15) is 4.79 Å². The molecule has 0 atom stereocenters. The lowest BCUT2D eigenvalue weighted by atomic mass is 10.1. The van der Waals surface area contributed by atoms with Crippen LogP contribution in [-0.4, -0.2) is 33.7 Å². The van der Waals surface area contributed by atoms with Gasteiger partial charge >= 0.3 is 0 Å². The zero-order valence-electron chi connectivity index (χ0n) is 11.8. The summed E-state index contributed by atoms with van der Waals surface area (Å²) < 4.78 is 2.77. The van der Waals surface area contributed by atoms with Crippen LogP contribution in [0.3, 0.4) is 0 Å². The van der Waals surface area contributed by atoms with Crippen molar-refractivity contribution in [3.05, 3.63) is 41.1 Å². The standard InChI is InChI=1S/C16H18BrN3O/c17-15-6-4-5-13(9-15)14-10-18-20(11-14)12-16(21)19-7-2-1-3-8-19/h4-6,9-11H,1-3,7-8,12H2. The van der Waals surface area contributed by atoms with Gasteiger partial charge in [-0.05, 0) is 37.0 Å². The Kier molecular flexibility index (Phi) is 4.39. The second kappa shape index (κ2) is 6.43. The van der Waals surface area contributed by atoms with E-state index in [1.165, 1.54) is 6.42 Å². The van der Waals surface area contributed by atoms with Crippen molar-refractivity contribution in [1.82, 2.24) is 14.7 Å². The number of carbonyl (C=O) groups is 1. The SMILES string of the molecule is O=C(Cn1cc(-c2cccc(Br)c2)cn1)N1CCCCC1. The van der Waals surface area contributed by atoms with Crippen LogP contribution in [0.5, 0.6) is 0 Å². The van der Waals surface area contributed by atoms with Gasteiger partial charge in [0.1, 0.15) is 6.54 Å². The van der Waals surface area contributed by atoms with E-state index in [0.29, 0.717) is 6.54 Å². The summed E-state index contributed by atoms with van der Waals surface area (Å²) in [6, 6.07) is 8.08. The first-order valence-corrected chi connectivity index (χ1v) is 8.08. The summed E-state index contributed by atoms with van der Waals surface area (Å²) in [4.78, 5) is 14.2. The first-order valence-electron chi connectivity index (χ1n) is 7.28. The van der Waals surface area contributed by atoms with Gasteiger partial charge in [-0.15, -0.1) is 0 Å². The van der Waals surface area contributed by atoms with E-state index >= 15 is 0 Å².